The molecule has 1 amide bonds. The molecule has 7 heteroatoms. The Hall–Kier alpha value is -0.850. The molecule has 0 saturated carbocycles. The summed E-state index contributed by atoms with van der Waals surface area (Å²) in [5.41, 5.74) is 0. The van der Waals surface area contributed by atoms with Crippen molar-refractivity contribution in [2.45, 2.75) is 19.1 Å². The lowest BCUT2D eigenvalue weighted by molar-refractivity contribution is -0.124. The van der Waals surface area contributed by atoms with E-state index < -0.39 is 0 Å². The molecular formula is C15H18Cl2N2O2S. The highest BCUT2D eigenvalue weighted by Crippen LogP contribution is 2.34. The summed E-state index contributed by atoms with van der Waals surface area (Å²) < 4.78 is 6.67. The first-order chi connectivity index (χ1) is 10.2. The number of carbonyl (C=O) groups excluding carboxylic acids is 1. The van der Waals surface area contributed by atoms with E-state index in [9.17, 15) is 4.79 Å². The largest absolute Gasteiger partial charge is 0.375 e. The summed E-state index contributed by atoms with van der Waals surface area (Å²) in [6.45, 7) is 2.73. The van der Waals surface area contributed by atoms with Crippen LogP contribution in [0.15, 0.2) is 24.3 Å². The number of halogens is 2. The maximum atomic E-state index is 12.0. The Balaban J connectivity index is 0.00000176. The maximum absolute atomic E-state index is 12.0. The first-order valence-corrected chi connectivity index (χ1v) is 8.18. The zero-order chi connectivity index (χ0) is 14.7. The number of hydrogen-bond donors (Lipinski definition) is 2. The molecule has 0 radical (unpaired) electrons. The van der Waals surface area contributed by atoms with Crippen molar-refractivity contribution in [3.05, 3.63) is 34.2 Å². The molecule has 0 bridgehead atoms. The summed E-state index contributed by atoms with van der Waals surface area (Å²) in [6, 6.07) is 8.00. The van der Waals surface area contributed by atoms with Crippen molar-refractivity contribution in [3.63, 3.8) is 0 Å². The topological polar surface area (TPSA) is 50.4 Å². The van der Waals surface area contributed by atoms with Crippen LogP contribution in [0, 0.1) is 0 Å². The number of amides is 1. The van der Waals surface area contributed by atoms with Crippen LogP contribution in [-0.2, 0) is 16.1 Å². The van der Waals surface area contributed by atoms with Gasteiger partial charge in [-0.3, -0.25) is 4.79 Å². The Bertz CT molecular complexity index is 642. The molecule has 2 aromatic rings. The average Bonchev–Trinajstić information content (AvgIpc) is 2.83. The number of rotatable bonds is 4. The number of morpholine rings is 1. The molecule has 3 rings (SSSR count). The summed E-state index contributed by atoms with van der Waals surface area (Å²) in [5, 5.41) is 7.94. The van der Waals surface area contributed by atoms with E-state index in [0.29, 0.717) is 19.6 Å². The third kappa shape index (κ3) is 4.12. The molecule has 0 spiro atoms. The molecule has 1 atom stereocenters. The second kappa shape index (κ2) is 8.13. The van der Waals surface area contributed by atoms with Gasteiger partial charge in [0.05, 0.1) is 30.7 Å². The van der Waals surface area contributed by atoms with Gasteiger partial charge in [-0.25, -0.2) is 0 Å². The van der Waals surface area contributed by atoms with E-state index in [1.54, 1.807) is 11.3 Å². The lowest BCUT2D eigenvalue weighted by atomic mass is 10.2. The highest BCUT2D eigenvalue weighted by Gasteiger charge is 2.18. The lowest BCUT2D eigenvalue weighted by Gasteiger charge is -2.22. The van der Waals surface area contributed by atoms with Gasteiger partial charge in [-0.1, -0.05) is 29.8 Å². The Morgan fingerprint density at radius 3 is 3.00 bits per heavy atom. The molecule has 1 aliphatic heterocycles. The van der Waals surface area contributed by atoms with Crippen molar-refractivity contribution >= 4 is 51.3 Å². The molecule has 2 heterocycles. The molecule has 1 aromatic heterocycles. The fraction of sp³-hybridized carbons (Fsp3) is 0.400. The summed E-state index contributed by atoms with van der Waals surface area (Å²) in [6.07, 6.45) is 0.354. The lowest BCUT2D eigenvalue weighted by Crippen LogP contribution is -2.41. The molecule has 1 aliphatic rings. The second-order valence-corrected chi connectivity index (χ2v) is 6.53. The molecule has 120 valence electrons. The maximum Gasteiger partial charge on any atom is 0.222 e. The van der Waals surface area contributed by atoms with Crippen LogP contribution < -0.4 is 10.6 Å². The summed E-state index contributed by atoms with van der Waals surface area (Å²) in [5.74, 6) is -0.00257. The fourth-order valence-electron chi connectivity index (χ4n) is 2.39. The first-order valence-electron chi connectivity index (χ1n) is 6.99. The summed E-state index contributed by atoms with van der Waals surface area (Å²) in [4.78, 5) is 12.9. The average molecular weight is 361 g/mol. The minimum Gasteiger partial charge on any atom is -0.375 e. The van der Waals surface area contributed by atoms with Crippen molar-refractivity contribution in [1.82, 2.24) is 10.6 Å². The minimum absolute atomic E-state index is 0. The highest BCUT2D eigenvalue weighted by atomic mass is 35.5. The molecule has 1 saturated heterocycles. The number of nitrogens with one attached hydrogen (secondary N) is 2. The van der Waals surface area contributed by atoms with Crippen molar-refractivity contribution in [1.29, 1.82) is 0 Å². The van der Waals surface area contributed by atoms with Gasteiger partial charge in [0.1, 0.15) is 0 Å². The van der Waals surface area contributed by atoms with E-state index in [-0.39, 0.29) is 24.4 Å². The van der Waals surface area contributed by atoms with Gasteiger partial charge in [0.25, 0.3) is 0 Å². The normalized spacial score (nSPS) is 18.0. The van der Waals surface area contributed by atoms with Crippen molar-refractivity contribution in [2.75, 3.05) is 19.7 Å². The van der Waals surface area contributed by atoms with Crippen molar-refractivity contribution in [2.24, 2.45) is 0 Å². The van der Waals surface area contributed by atoms with E-state index in [1.165, 1.54) is 0 Å². The summed E-state index contributed by atoms with van der Waals surface area (Å²) >= 11 is 7.98. The quantitative estimate of drug-likeness (QED) is 0.880. The molecule has 1 aromatic carbocycles. The third-order valence-corrected chi connectivity index (χ3v) is 5.18. The van der Waals surface area contributed by atoms with Gasteiger partial charge in [-0.2, -0.15) is 0 Å². The zero-order valence-electron chi connectivity index (χ0n) is 11.9. The van der Waals surface area contributed by atoms with Gasteiger partial charge < -0.3 is 15.4 Å². The molecule has 1 unspecified atom stereocenters. The van der Waals surface area contributed by atoms with Crippen LogP contribution in [0.3, 0.4) is 0 Å². The van der Waals surface area contributed by atoms with Crippen LogP contribution in [0.1, 0.15) is 11.3 Å². The van der Waals surface area contributed by atoms with E-state index in [2.05, 4.69) is 10.6 Å². The van der Waals surface area contributed by atoms with E-state index >= 15 is 0 Å². The van der Waals surface area contributed by atoms with Crippen LogP contribution in [0.25, 0.3) is 10.1 Å². The van der Waals surface area contributed by atoms with E-state index in [4.69, 9.17) is 16.3 Å². The van der Waals surface area contributed by atoms with Crippen LogP contribution in [0.5, 0.6) is 0 Å². The van der Waals surface area contributed by atoms with Gasteiger partial charge in [-0.15, -0.1) is 23.7 Å². The number of ether oxygens (including phenoxy) is 1. The van der Waals surface area contributed by atoms with E-state index in [0.717, 1.165) is 33.1 Å². The van der Waals surface area contributed by atoms with Crippen LogP contribution in [-0.4, -0.2) is 31.7 Å². The van der Waals surface area contributed by atoms with Gasteiger partial charge in [0.15, 0.2) is 0 Å². The molecular weight excluding hydrogens is 343 g/mol. The number of carbonyl (C=O) groups is 1. The van der Waals surface area contributed by atoms with Gasteiger partial charge in [-0.05, 0) is 6.07 Å². The monoisotopic (exact) mass is 360 g/mol. The molecule has 0 aliphatic carbocycles. The Morgan fingerprint density at radius 1 is 1.45 bits per heavy atom. The van der Waals surface area contributed by atoms with Crippen molar-refractivity contribution < 1.29 is 9.53 Å². The molecule has 2 N–H and O–H groups in total. The predicted octanol–water partition coefficient (Wildman–Crippen LogP) is 2.97. The van der Waals surface area contributed by atoms with Crippen LogP contribution in [0.2, 0.25) is 5.02 Å². The molecule has 22 heavy (non-hydrogen) atoms. The predicted molar refractivity (Wildman–Crippen MR) is 93.2 cm³/mol. The Kier molecular flexibility index (Phi) is 6.47. The standard InChI is InChI=1S/C15H17ClN2O2S.ClH/c16-15-11-3-1-2-4-12(11)21-13(15)9-18-14(19)7-10-8-17-5-6-20-10;/h1-4,10,17H,5-9H2,(H,18,19);1H. The number of hydrogen-bond acceptors (Lipinski definition) is 4. The molecule has 1 fully saturated rings. The Labute approximate surface area is 144 Å². The number of benzene rings is 1. The number of thiophene rings is 1. The van der Waals surface area contributed by atoms with Gasteiger partial charge in [0, 0.05) is 28.1 Å². The van der Waals surface area contributed by atoms with Gasteiger partial charge in [0.2, 0.25) is 5.91 Å². The van der Waals surface area contributed by atoms with Crippen LogP contribution >= 0.6 is 35.3 Å². The van der Waals surface area contributed by atoms with Crippen LogP contribution in [0.4, 0.5) is 0 Å². The number of fused-ring (bicyclic) bond motifs is 1. The Morgan fingerprint density at radius 2 is 2.27 bits per heavy atom. The third-order valence-electron chi connectivity index (χ3n) is 3.47. The smallest absolute Gasteiger partial charge is 0.222 e. The first kappa shape index (κ1) is 17.5. The zero-order valence-corrected chi connectivity index (χ0v) is 14.3. The summed E-state index contributed by atoms with van der Waals surface area (Å²) in [7, 11) is 0. The fourth-order valence-corrected chi connectivity index (χ4v) is 3.83. The second-order valence-electron chi connectivity index (χ2n) is 5.01. The minimum atomic E-state index is -0.0309. The highest BCUT2D eigenvalue weighted by molar-refractivity contribution is 7.19. The SMILES string of the molecule is Cl.O=C(CC1CNCCO1)NCc1sc2ccccc2c1Cl. The van der Waals surface area contributed by atoms with Gasteiger partial charge >= 0.3 is 0 Å². The van der Waals surface area contributed by atoms with Crippen molar-refractivity contribution in [3.8, 4) is 0 Å². The van der Waals surface area contributed by atoms with E-state index in [1.807, 2.05) is 24.3 Å². The molecule has 4 nitrogen and oxygen atoms in total.